The Morgan fingerprint density at radius 1 is 1.03 bits per heavy atom. The van der Waals surface area contributed by atoms with Crippen molar-refractivity contribution in [3.8, 4) is 11.5 Å². The van der Waals surface area contributed by atoms with Crippen molar-refractivity contribution in [3.63, 3.8) is 0 Å². The van der Waals surface area contributed by atoms with Gasteiger partial charge in [-0.15, -0.1) is 0 Å². The van der Waals surface area contributed by atoms with Crippen molar-refractivity contribution in [2.24, 2.45) is 0 Å². The summed E-state index contributed by atoms with van der Waals surface area (Å²) in [6.45, 7) is 4.46. The summed E-state index contributed by atoms with van der Waals surface area (Å²) in [5, 5.41) is 23.3. The fourth-order valence-electron chi connectivity index (χ4n) is 4.04. The van der Waals surface area contributed by atoms with Gasteiger partial charge in [0.15, 0.2) is 11.5 Å². The van der Waals surface area contributed by atoms with Gasteiger partial charge in [-0.3, -0.25) is 0 Å². The maximum absolute atomic E-state index is 12.2. The molecular weight excluding hydrogens is 406 g/mol. The minimum absolute atomic E-state index is 0.0314. The summed E-state index contributed by atoms with van der Waals surface area (Å²) in [6, 6.07) is 20.9. The molecule has 166 valence electrons. The molecule has 4 rings (SSSR count). The second-order valence-electron chi connectivity index (χ2n) is 7.90. The molecule has 0 bridgehead atoms. The zero-order valence-corrected chi connectivity index (χ0v) is 18.0. The summed E-state index contributed by atoms with van der Waals surface area (Å²) in [5.74, 6) is -0.527. The molecular formula is C26H27NO5. The lowest BCUT2D eigenvalue weighted by Gasteiger charge is -2.27. The van der Waals surface area contributed by atoms with Gasteiger partial charge in [-0.2, -0.15) is 0 Å². The predicted octanol–water partition coefficient (Wildman–Crippen LogP) is 4.17. The van der Waals surface area contributed by atoms with Crippen molar-refractivity contribution in [3.05, 3.63) is 89.0 Å². The molecule has 0 saturated carbocycles. The Morgan fingerprint density at radius 3 is 2.34 bits per heavy atom. The smallest absolute Gasteiger partial charge is 0.330 e. The van der Waals surface area contributed by atoms with Gasteiger partial charge in [-0.25, -0.2) is 4.79 Å². The fourth-order valence-corrected chi connectivity index (χ4v) is 4.04. The second kappa shape index (κ2) is 10.0. The Balaban J connectivity index is 0.00000141. The van der Waals surface area contributed by atoms with E-state index in [4.69, 9.17) is 9.53 Å². The van der Waals surface area contributed by atoms with Crippen molar-refractivity contribution in [2.45, 2.75) is 31.7 Å². The Bertz CT molecular complexity index is 1070. The molecule has 0 saturated heterocycles. The number of aromatic hydroxyl groups is 1. The maximum Gasteiger partial charge on any atom is 0.330 e. The van der Waals surface area contributed by atoms with Crippen LogP contribution < -0.4 is 10.1 Å². The van der Waals surface area contributed by atoms with Crippen LogP contribution in [0.5, 0.6) is 11.5 Å². The van der Waals surface area contributed by atoms with Crippen LogP contribution in [0.25, 0.3) is 0 Å². The average Bonchev–Trinajstić information content (AvgIpc) is 3.17. The number of fused-ring (bicyclic) bond motifs is 1. The lowest BCUT2D eigenvalue weighted by Crippen LogP contribution is -2.47. The number of nitrogens with one attached hydrogen (secondary N) is 1. The second-order valence-corrected chi connectivity index (χ2v) is 7.90. The number of benzene rings is 3. The summed E-state index contributed by atoms with van der Waals surface area (Å²) < 4.78 is 5.80. The number of carbonyl (C=O) groups is 2. The zero-order valence-electron chi connectivity index (χ0n) is 18.0. The van der Waals surface area contributed by atoms with Gasteiger partial charge in [-0.1, -0.05) is 54.1 Å². The van der Waals surface area contributed by atoms with Gasteiger partial charge >= 0.3 is 5.97 Å². The third kappa shape index (κ3) is 5.09. The number of hydrogen-bond acceptors (Lipinski definition) is 5. The van der Waals surface area contributed by atoms with Crippen LogP contribution in [0.4, 0.5) is 5.69 Å². The van der Waals surface area contributed by atoms with Crippen LogP contribution in [0.1, 0.15) is 22.3 Å². The van der Waals surface area contributed by atoms with Crippen molar-refractivity contribution < 1.29 is 24.5 Å². The first-order valence-corrected chi connectivity index (χ1v) is 10.3. The standard InChI is InChI=1S/C25H25NO4.CH2O/c1-17-5-4-6-18(13-17)11-12-30-23-14-21(9-10-22(23)27)26-25(24(28)29)15-19-7-2-3-8-20(19)16-25;1-2/h2-10,13-14,26-27H,11-12,15-16H2,1H3,(H,28,29);1H2. The molecule has 0 amide bonds. The van der Waals surface area contributed by atoms with Crippen molar-refractivity contribution >= 4 is 18.4 Å². The van der Waals surface area contributed by atoms with Gasteiger partial charge in [0.1, 0.15) is 12.3 Å². The number of carboxylic acid groups (broad SMARTS) is 1. The molecule has 1 aliphatic rings. The van der Waals surface area contributed by atoms with Gasteiger partial charge in [0.05, 0.1) is 6.61 Å². The maximum atomic E-state index is 12.2. The summed E-state index contributed by atoms with van der Waals surface area (Å²) in [7, 11) is 0. The molecule has 0 atom stereocenters. The number of aliphatic carboxylic acids is 1. The Morgan fingerprint density at radius 2 is 1.72 bits per heavy atom. The topological polar surface area (TPSA) is 95.9 Å². The van der Waals surface area contributed by atoms with Crippen molar-refractivity contribution in [2.75, 3.05) is 11.9 Å². The number of phenols is 1. The molecule has 0 unspecified atom stereocenters. The summed E-state index contributed by atoms with van der Waals surface area (Å²) >= 11 is 0. The first-order valence-electron chi connectivity index (χ1n) is 10.3. The number of phenolic OH excluding ortho intramolecular Hbond substituents is 1. The van der Waals surface area contributed by atoms with Crippen LogP contribution in [-0.2, 0) is 28.9 Å². The molecule has 0 heterocycles. The van der Waals surface area contributed by atoms with Gasteiger partial charge in [-0.05, 0) is 35.7 Å². The van der Waals surface area contributed by atoms with E-state index in [1.54, 1.807) is 12.1 Å². The van der Waals surface area contributed by atoms with E-state index in [0.717, 1.165) is 16.7 Å². The van der Waals surface area contributed by atoms with Gasteiger partial charge < -0.3 is 25.1 Å². The lowest BCUT2D eigenvalue weighted by atomic mass is 9.95. The van der Waals surface area contributed by atoms with E-state index in [1.165, 1.54) is 11.6 Å². The van der Waals surface area contributed by atoms with Crippen LogP contribution in [0.15, 0.2) is 66.7 Å². The molecule has 0 aliphatic heterocycles. The summed E-state index contributed by atoms with van der Waals surface area (Å²) in [6.07, 6.45) is 1.53. The van der Waals surface area contributed by atoms with E-state index in [9.17, 15) is 15.0 Å². The average molecular weight is 434 g/mol. The Labute approximate surface area is 187 Å². The number of anilines is 1. The highest BCUT2D eigenvalue weighted by molar-refractivity contribution is 5.85. The predicted molar refractivity (Wildman–Crippen MR) is 123 cm³/mol. The van der Waals surface area contributed by atoms with Crippen molar-refractivity contribution in [1.82, 2.24) is 0 Å². The molecule has 0 spiro atoms. The summed E-state index contributed by atoms with van der Waals surface area (Å²) in [5.41, 5.74) is 3.94. The van der Waals surface area contributed by atoms with Gasteiger partial charge in [0, 0.05) is 31.0 Å². The Kier molecular flexibility index (Phi) is 7.15. The molecule has 3 aromatic carbocycles. The minimum Gasteiger partial charge on any atom is -0.504 e. The SMILES string of the molecule is C=O.Cc1cccc(CCOc2cc(NC3(C(=O)O)Cc4ccccc4C3)ccc2O)c1. The highest BCUT2D eigenvalue weighted by Gasteiger charge is 2.44. The number of aryl methyl sites for hydroxylation is 1. The third-order valence-corrected chi connectivity index (χ3v) is 5.59. The molecule has 6 heteroatoms. The van der Waals surface area contributed by atoms with Crippen molar-refractivity contribution in [1.29, 1.82) is 0 Å². The normalized spacial score (nSPS) is 13.4. The first kappa shape index (κ1) is 22.9. The first-order chi connectivity index (χ1) is 15.4. The lowest BCUT2D eigenvalue weighted by molar-refractivity contribution is -0.142. The van der Waals surface area contributed by atoms with Gasteiger partial charge in [0.2, 0.25) is 0 Å². The van der Waals surface area contributed by atoms with E-state index in [-0.39, 0.29) is 5.75 Å². The third-order valence-electron chi connectivity index (χ3n) is 5.59. The number of hydrogen-bond donors (Lipinski definition) is 3. The van der Waals surface area contributed by atoms with Crippen LogP contribution >= 0.6 is 0 Å². The largest absolute Gasteiger partial charge is 0.504 e. The highest BCUT2D eigenvalue weighted by atomic mass is 16.5. The molecule has 1 aliphatic carbocycles. The van der Waals surface area contributed by atoms with Crippen LogP contribution in [0, 0.1) is 6.92 Å². The highest BCUT2D eigenvalue weighted by Crippen LogP contribution is 2.36. The fraction of sp³-hybridized carbons (Fsp3) is 0.231. The molecule has 0 aromatic heterocycles. The van der Waals surface area contributed by atoms with Crippen LogP contribution in [0.3, 0.4) is 0 Å². The number of ether oxygens (including phenoxy) is 1. The number of carboxylic acids is 1. The summed E-state index contributed by atoms with van der Waals surface area (Å²) in [4.78, 5) is 20.2. The van der Waals surface area contributed by atoms with E-state index >= 15 is 0 Å². The molecule has 0 radical (unpaired) electrons. The molecule has 3 aromatic rings. The van der Waals surface area contributed by atoms with Crippen LogP contribution in [-0.4, -0.2) is 35.1 Å². The monoisotopic (exact) mass is 433 g/mol. The van der Waals surface area contributed by atoms with E-state index < -0.39 is 11.5 Å². The molecule has 0 fully saturated rings. The van der Waals surface area contributed by atoms with E-state index in [2.05, 4.69) is 11.4 Å². The molecule has 3 N–H and O–H groups in total. The zero-order chi connectivity index (χ0) is 23.1. The number of rotatable bonds is 7. The number of carbonyl (C=O) groups excluding carboxylic acids is 1. The molecule has 6 nitrogen and oxygen atoms in total. The molecule has 32 heavy (non-hydrogen) atoms. The minimum atomic E-state index is -1.11. The van der Waals surface area contributed by atoms with E-state index in [1.807, 2.05) is 56.2 Å². The van der Waals surface area contributed by atoms with E-state index in [0.29, 0.717) is 37.3 Å². The quantitative estimate of drug-likeness (QED) is 0.484. The van der Waals surface area contributed by atoms with Gasteiger partial charge in [0.25, 0.3) is 0 Å². The van der Waals surface area contributed by atoms with Crippen LogP contribution in [0.2, 0.25) is 0 Å². The Hall–Kier alpha value is -3.80.